The van der Waals surface area contributed by atoms with Gasteiger partial charge in [0.25, 0.3) is 0 Å². The van der Waals surface area contributed by atoms with Crippen molar-refractivity contribution in [2.75, 3.05) is 0 Å². The van der Waals surface area contributed by atoms with Crippen LogP contribution in [0.25, 0.3) is 0 Å². The quantitative estimate of drug-likeness (QED) is 0.801. The monoisotopic (exact) mass is 219 g/mol. The Morgan fingerprint density at radius 1 is 1.25 bits per heavy atom. The molecule has 1 aromatic rings. The fraction of sp³-hybridized carbons (Fsp3) is 0.571. The molecule has 0 unspecified atom stereocenters. The molecule has 0 saturated heterocycles. The molecule has 0 spiro atoms. The van der Waals surface area contributed by atoms with E-state index >= 15 is 0 Å². The lowest BCUT2D eigenvalue weighted by Gasteiger charge is -2.28. The molecule has 0 aromatic heterocycles. The Bertz CT molecular complexity index is 356. The topological polar surface area (TPSA) is 46.2 Å². The molecular formula is C14H21NO. The van der Waals surface area contributed by atoms with Crippen molar-refractivity contribution < 1.29 is 5.11 Å². The molecule has 3 N–H and O–H groups in total. The first kappa shape index (κ1) is 11.5. The Balaban J connectivity index is 2.15. The maximum absolute atomic E-state index is 9.91. The number of phenolic OH excluding ortho intramolecular Hbond substituents is 1. The summed E-state index contributed by atoms with van der Waals surface area (Å²) in [4.78, 5) is 0. The van der Waals surface area contributed by atoms with Gasteiger partial charge in [-0.15, -0.1) is 0 Å². The Hall–Kier alpha value is -1.02. The Morgan fingerprint density at radius 3 is 2.56 bits per heavy atom. The zero-order valence-electron chi connectivity index (χ0n) is 9.95. The highest BCUT2D eigenvalue weighted by atomic mass is 16.3. The summed E-state index contributed by atoms with van der Waals surface area (Å²) >= 11 is 0. The van der Waals surface area contributed by atoms with Crippen LogP contribution >= 0.6 is 0 Å². The van der Waals surface area contributed by atoms with Crippen LogP contribution in [0.3, 0.4) is 0 Å². The van der Waals surface area contributed by atoms with Gasteiger partial charge >= 0.3 is 0 Å². The van der Waals surface area contributed by atoms with Gasteiger partial charge in [-0.2, -0.15) is 0 Å². The second kappa shape index (κ2) is 4.88. The minimum atomic E-state index is 0.000833. The second-order valence-corrected chi connectivity index (χ2v) is 4.99. The van der Waals surface area contributed by atoms with Gasteiger partial charge in [0.15, 0.2) is 0 Å². The van der Waals surface area contributed by atoms with Crippen molar-refractivity contribution in [2.45, 2.75) is 45.1 Å². The minimum Gasteiger partial charge on any atom is -0.508 e. The van der Waals surface area contributed by atoms with E-state index in [1.165, 1.54) is 32.1 Å². The van der Waals surface area contributed by atoms with Crippen molar-refractivity contribution in [2.24, 2.45) is 11.7 Å². The van der Waals surface area contributed by atoms with Crippen LogP contribution in [0.5, 0.6) is 5.75 Å². The summed E-state index contributed by atoms with van der Waals surface area (Å²) in [5.74, 6) is 0.903. The molecule has 0 bridgehead atoms. The summed E-state index contributed by atoms with van der Waals surface area (Å²) in [6.07, 6.45) is 6.31. The van der Waals surface area contributed by atoms with Crippen molar-refractivity contribution >= 4 is 0 Å². The molecule has 0 aliphatic heterocycles. The molecule has 1 aromatic carbocycles. The van der Waals surface area contributed by atoms with E-state index in [2.05, 4.69) is 0 Å². The summed E-state index contributed by atoms with van der Waals surface area (Å²) < 4.78 is 0. The lowest BCUT2D eigenvalue weighted by Crippen LogP contribution is -2.23. The van der Waals surface area contributed by atoms with Crippen LogP contribution in [0.4, 0.5) is 0 Å². The molecule has 0 radical (unpaired) electrons. The van der Waals surface area contributed by atoms with Gasteiger partial charge in [-0.1, -0.05) is 31.4 Å². The first-order valence-corrected chi connectivity index (χ1v) is 6.23. The average Bonchev–Trinajstić information content (AvgIpc) is 2.29. The van der Waals surface area contributed by atoms with Gasteiger partial charge in [-0.25, -0.2) is 0 Å². The van der Waals surface area contributed by atoms with Crippen LogP contribution in [-0.2, 0) is 0 Å². The molecule has 0 amide bonds. The molecule has 1 fully saturated rings. The zero-order valence-corrected chi connectivity index (χ0v) is 9.95. The maximum Gasteiger partial charge on any atom is 0.120 e. The summed E-state index contributed by atoms with van der Waals surface area (Å²) in [5.41, 5.74) is 8.26. The summed E-state index contributed by atoms with van der Waals surface area (Å²) in [5, 5.41) is 9.91. The molecule has 16 heavy (non-hydrogen) atoms. The van der Waals surface area contributed by atoms with Gasteiger partial charge < -0.3 is 10.8 Å². The second-order valence-electron chi connectivity index (χ2n) is 4.99. The predicted molar refractivity (Wildman–Crippen MR) is 66.3 cm³/mol. The third kappa shape index (κ3) is 2.38. The number of aryl methyl sites for hydroxylation is 1. The number of rotatable bonds is 2. The van der Waals surface area contributed by atoms with Crippen LogP contribution in [0.2, 0.25) is 0 Å². The normalized spacial score (nSPS) is 19.6. The van der Waals surface area contributed by atoms with Crippen molar-refractivity contribution in [3.63, 3.8) is 0 Å². The first-order chi connectivity index (χ1) is 7.68. The Labute approximate surface area is 97.5 Å². The number of benzene rings is 1. The van der Waals surface area contributed by atoms with Crippen molar-refractivity contribution in [3.05, 3.63) is 29.3 Å². The molecule has 1 aliphatic carbocycles. The molecule has 2 heteroatoms. The largest absolute Gasteiger partial charge is 0.508 e. The molecule has 88 valence electrons. The summed E-state index contributed by atoms with van der Waals surface area (Å²) in [6.45, 7) is 1.98. The smallest absolute Gasteiger partial charge is 0.120 e. The predicted octanol–water partition coefficient (Wildman–Crippen LogP) is 3.28. The highest BCUT2D eigenvalue weighted by Gasteiger charge is 2.23. The summed E-state index contributed by atoms with van der Waals surface area (Å²) in [7, 11) is 0. The van der Waals surface area contributed by atoms with Gasteiger partial charge in [-0.05, 0) is 37.3 Å². The third-order valence-electron chi connectivity index (χ3n) is 3.70. The average molecular weight is 219 g/mol. The number of aromatic hydroxyl groups is 1. The van der Waals surface area contributed by atoms with E-state index in [1.54, 1.807) is 6.07 Å². The van der Waals surface area contributed by atoms with Gasteiger partial charge in [-0.3, -0.25) is 0 Å². The van der Waals surface area contributed by atoms with Crippen LogP contribution in [-0.4, -0.2) is 5.11 Å². The lowest BCUT2D eigenvalue weighted by molar-refractivity contribution is 0.303. The van der Waals surface area contributed by atoms with Gasteiger partial charge in [0.1, 0.15) is 5.75 Å². The fourth-order valence-electron chi connectivity index (χ4n) is 2.68. The third-order valence-corrected chi connectivity index (χ3v) is 3.70. The van der Waals surface area contributed by atoms with Crippen molar-refractivity contribution in [1.29, 1.82) is 0 Å². The van der Waals surface area contributed by atoms with Gasteiger partial charge in [0.2, 0.25) is 0 Å². The molecule has 1 aliphatic rings. The number of hydrogen-bond acceptors (Lipinski definition) is 2. The zero-order chi connectivity index (χ0) is 11.5. The lowest BCUT2D eigenvalue weighted by atomic mass is 9.81. The molecule has 1 atom stereocenters. The SMILES string of the molecule is Cc1ccc([C@H](N)C2CCCCC2)c(O)c1. The molecule has 0 heterocycles. The van der Waals surface area contributed by atoms with E-state index in [-0.39, 0.29) is 6.04 Å². The Morgan fingerprint density at radius 2 is 1.94 bits per heavy atom. The van der Waals surface area contributed by atoms with E-state index in [0.29, 0.717) is 11.7 Å². The standard InChI is InChI=1S/C14H21NO/c1-10-7-8-12(13(16)9-10)14(15)11-5-3-2-4-6-11/h7-9,11,14,16H,2-6,15H2,1H3/t14-/m1/s1. The van der Waals surface area contributed by atoms with Crippen LogP contribution < -0.4 is 5.73 Å². The van der Waals surface area contributed by atoms with Crippen LogP contribution in [0.15, 0.2) is 18.2 Å². The minimum absolute atomic E-state index is 0.000833. The number of nitrogens with two attached hydrogens (primary N) is 1. The highest BCUT2D eigenvalue weighted by Crippen LogP contribution is 2.36. The van der Waals surface area contributed by atoms with E-state index in [9.17, 15) is 5.11 Å². The summed E-state index contributed by atoms with van der Waals surface area (Å²) in [6, 6.07) is 5.81. The first-order valence-electron chi connectivity index (χ1n) is 6.23. The van der Waals surface area contributed by atoms with Crippen LogP contribution in [0.1, 0.15) is 49.3 Å². The van der Waals surface area contributed by atoms with Crippen LogP contribution in [0, 0.1) is 12.8 Å². The van der Waals surface area contributed by atoms with E-state index in [4.69, 9.17) is 5.73 Å². The van der Waals surface area contributed by atoms with Crippen molar-refractivity contribution in [1.82, 2.24) is 0 Å². The molecular weight excluding hydrogens is 198 g/mol. The van der Waals surface area contributed by atoms with Crippen molar-refractivity contribution in [3.8, 4) is 5.75 Å². The molecule has 2 nitrogen and oxygen atoms in total. The number of hydrogen-bond donors (Lipinski definition) is 2. The highest BCUT2D eigenvalue weighted by molar-refractivity contribution is 5.38. The van der Waals surface area contributed by atoms with E-state index < -0.39 is 0 Å². The van der Waals surface area contributed by atoms with Gasteiger partial charge in [0.05, 0.1) is 0 Å². The number of phenols is 1. The van der Waals surface area contributed by atoms with E-state index in [0.717, 1.165) is 11.1 Å². The molecule has 2 rings (SSSR count). The molecule has 1 saturated carbocycles. The maximum atomic E-state index is 9.91. The Kier molecular flexibility index (Phi) is 3.49. The fourth-order valence-corrected chi connectivity index (χ4v) is 2.68. The van der Waals surface area contributed by atoms with E-state index in [1.807, 2.05) is 19.1 Å². The van der Waals surface area contributed by atoms with Gasteiger partial charge in [0, 0.05) is 11.6 Å².